The number of aliphatic carboxylic acids is 1. The van der Waals surface area contributed by atoms with Gasteiger partial charge in [0.05, 0.1) is 5.56 Å². The van der Waals surface area contributed by atoms with Crippen molar-refractivity contribution >= 4 is 5.97 Å². The number of hydrogen-bond acceptors (Lipinski definition) is 2. The Morgan fingerprint density at radius 3 is 2.31 bits per heavy atom. The number of rotatable bonds is 10. The van der Waals surface area contributed by atoms with Crippen LogP contribution in [-0.2, 0) is 17.4 Å². The first kappa shape index (κ1) is 27.0. The van der Waals surface area contributed by atoms with Gasteiger partial charge in [0, 0.05) is 18.5 Å². The third-order valence-corrected chi connectivity index (χ3v) is 7.00. The zero-order valence-electron chi connectivity index (χ0n) is 20.6. The van der Waals surface area contributed by atoms with E-state index in [4.69, 9.17) is 0 Å². The van der Waals surface area contributed by atoms with Gasteiger partial charge in [0.25, 0.3) is 0 Å². The Bertz CT molecular complexity index is 967. The standard InChI is InChI=1S/C29H36F3NO2/c1-4-5-21-7-9-24(10-8-21)27-18-22(19-28(34)35)16-17-33(27)26(15-6-20(2)3)23-11-13-25(14-12-23)29(30,31)32/h4,7-14,20,22,26-27H,1,5-6,15-19H2,2-3H3,(H,34,35)/t22?,26-,27?/m1/s1. The molecule has 0 aromatic heterocycles. The fourth-order valence-electron chi connectivity index (χ4n) is 5.14. The van der Waals surface area contributed by atoms with Crippen LogP contribution in [-0.4, -0.2) is 22.5 Å². The normalized spacial score (nSPS) is 20.1. The number of allylic oxidation sites excluding steroid dienone is 1. The van der Waals surface area contributed by atoms with E-state index in [1.165, 1.54) is 12.1 Å². The highest BCUT2D eigenvalue weighted by atomic mass is 19.4. The molecule has 0 amide bonds. The van der Waals surface area contributed by atoms with Gasteiger partial charge in [0.1, 0.15) is 0 Å². The summed E-state index contributed by atoms with van der Waals surface area (Å²) < 4.78 is 39.5. The molecule has 2 unspecified atom stereocenters. The van der Waals surface area contributed by atoms with Crippen LogP contribution < -0.4 is 0 Å². The van der Waals surface area contributed by atoms with Crippen LogP contribution >= 0.6 is 0 Å². The molecular formula is C29H36F3NO2. The average molecular weight is 488 g/mol. The molecule has 6 heteroatoms. The number of benzene rings is 2. The Morgan fingerprint density at radius 1 is 1.11 bits per heavy atom. The van der Waals surface area contributed by atoms with Crippen molar-refractivity contribution in [2.24, 2.45) is 11.8 Å². The molecule has 2 aromatic rings. The molecule has 0 bridgehead atoms. The molecule has 0 spiro atoms. The van der Waals surface area contributed by atoms with Crippen molar-refractivity contribution in [1.29, 1.82) is 0 Å². The van der Waals surface area contributed by atoms with E-state index in [9.17, 15) is 23.1 Å². The molecule has 190 valence electrons. The molecule has 1 aliphatic rings. The number of alkyl halides is 3. The minimum atomic E-state index is -4.36. The highest BCUT2D eigenvalue weighted by Crippen LogP contribution is 2.43. The van der Waals surface area contributed by atoms with Crippen LogP contribution in [0.1, 0.15) is 80.3 Å². The van der Waals surface area contributed by atoms with Crippen LogP contribution in [0.3, 0.4) is 0 Å². The summed E-state index contributed by atoms with van der Waals surface area (Å²) in [5, 5.41) is 9.39. The molecule has 1 heterocycles. The maximum Gasteiger partial charge on any atom is 0.416 e. The molecular weight excluding hydrogens is 451 g/mol. The van der Waals surface area contributed by atoms with Gasteiger partial charge >= 0.3 is 12.1 Å². The van der Waals surface area contributed by atoms with Crippen LogP contribution in [0.4, 0.5) is 13.2 Å². The van der Waals surface area contributed by atoms with Crippen molar-refractivity contribution in [3.8, 4) is 0 Å². The molecule has 3 atom stereocenters. The van der Waals surface area contributed by atoms with E-state index >= 15 is 0 Å². The number of piperidine rings is 1. The van der Waals surface area contributed by atoms with Crippen LogP contribution in [0, 0.1) is 11.8 Å². The number of hydrogen-bond donors (Lipinski definition) is 1. The lowest BCUT2D eigenvalue weighted by Crippen LogP contribution is -2.40. The first-order valence-electron chi connectivity index (χ1n) is 12.4. The first-order chi connectivity index (χ1) is 16.6. The monoisotopic (exact) mass is 487 g/mol. The van der Waals surface area contributed by atoms with Gasteiger partial charge in [-0.25, -0.2) is 0 Å². The molecule has 0 radical (unpaired) electrons. The van der Waals surface area contributed by atoms with Gasteiger partial charge in [-0.1, -0.05) is 56.3 Å². The number of nitrogens with zero attached hydrogens (tertiary/aromatic N) is 1. The number of likely N-dealkylation sites (tertiary alicyclic amines) is 1. The SMILES string of the molecule is C=CCc1ccc(C2CC(CC(=O)O)CCN2[C@H](CCC(C)C)c2ccc(C(F)(F)F)cc2)cc1. The van der Waals surface area contributed by atoms with Gasteiger partial charge < -0.3 is 5.11 Å². The Hall–Kier alpha value is -2.60. The van der Waals surface area contributed by atoms with Crippen molar-refractivity contribution < 1.29 is 23.1 Å². The van der Waals surface area contributed by atoms with E-state index in [1.54, 1.807) is 12.1 Å². The summed E-state index contributed by atoms with van der Waals surface area (Å²) in [6.07, 6.45) is 1.66. The smallest absolute Gasteiger partial charge is 0.416 e. The van der Waals surface area contributed by atoms with Gasteiger partial charge in [-0.15, -0.1) is 6.58 Å². The molecule has 1 N–H and O–H groups in total. The van der Waals surface area contributed by atoms with Gasteiger partial charge in [-0.05, 0) is 79.3 Å². The van der Waals surface area contributed by atoms with E-state index in [1.807, 2.05) is 6.08 Å². The lowest BCUT2D eigenvalue weighted by atomic mass is 9.82. The average Bonchev–Trinajstić information content (AvgIpc) is 2.80. The zero-order valence-corrected chi connectivity index (χ0v) is 20.6. The summed E-state index contributed by atoms with van der Waals surface area (Å²) >= 11 is 0. The first-order valence-corrected chi connectivity index (χ1v) is 12.4. The maximum absolute atomic E-state index is 13.2. The summed E-state index contributed by atoms with van der Waals surface area (Å²) in [5.74, 6) is -0.254. The maximum atomic E-state index is 13.2. The van der Waals surface area contributed by atoms with Crippen LogP contribution in [0.2, 0.25) is 0 Å². The summed E-state index contributed by atoms with van der Waals surface area (Å²) in [6.45, 7) is 8.81. The molecule has 2 aromatic carbocycles. The number of carbonyl (C=O) groups is 1. The number of carboxylic acid groups (broad SMARTS) is 1. The van der Waals surface area contributed by atoms with Crippen LogP contribution in [0.25, 0.3) is 0 Å². The highest BCUT2D eigenvalue weighted by molar-refractivity contribution is 5.67. The second kappa shape index (κ2) is 11.9. The summed E-state index contributed by atoms with van der Waals surface area (Å²) in [4.78, 5) is 13.8. The van der Waals surface area contributed by atoms with E-state index in [0.717, 1.165) is 42.4 Å². The lowest BCUT2D eigenvalue weighted by molar-refractivity contribution is -0.139. The minimum absolute atomic E-state index is 0.00494. The molecule has 1 saturated heterocycles. The topological polar surface area (TPSA) is 40.5 Å². The molecule has 35 heavy (non-hydrogen) atoms. The predicted octanol–water partition coefficient (Wildman–Crippen LogP) is 7.84. The number of carboxylic acids is 1. The van der Waals surface area contributed by atoms with E-state index in [2.05, 4.69) is 49.6 Å². The quantitative estimate of drug-likeness (QED) is 0.347. The zero-order chi connectivity index (χ0) is 25.6. The summed E-state index contributed by atoms with van der Waals surface area (Å²) in [5.41, 5.74) is 2.52. The fourth-order valence-corrected chi connectivity index (χ4v) is 5.14. The second-order valence-electron chi connectivity index (χ2n) is 10.1. The van der Waals surface area contributed by atoms with Gasteiger partial charge in [0.15, 0.2) is 0 Å². The van der Waals surface area contributed by atoms with E-state index in [-0.39, 0.29) is 24.4 Å². The third kappa shape index (κ3) is 7.44. The molecule has 1 aliphatic heterocycles. The Balaban J connectivity index is 1.96. The van der Waals surface area contributed by atoms with Crippen molar-refractivity contribution in [1.82, 2.24) is 4.90 Å². The fraction of sp³-hybridized carbons (Fsp3) is 0.483. The minimum Gasteiger partial charge on any atom is -0.481 e. The van der Waals surface area contributed by atoms with E-state index < -0.39 is 17.7 Å². The largest absolute Gasteiger partial charge is 0.481 e. The Kier molecular flexibility index (Phi) is 9.17. The molecule has 1 fully saturated rings. The molecule has 0 saturated carbocycles. The lowest BCUT2D eigenvalue weighted by Gasteiger charge is -2.44. The Morgan fingerprint density at radius 2 is 1.77 bits per heavy atom. The van der Waals surface area contributed by atoms with Gasteiger partial charge in [-0.3, -0.25) is 9.69 Å². The summed E-state index contributed by atoms with van der Waals surface area (Å²) in [7, 11) is 0. The van der Waals surface area contributed by atoms with Crippen LogP contribution in [0.15, 0.2) is 61.2 Å². The molecule has 3 nitrogen and oxygen atoms in total. The van der Waals surface area contributed by atoms with Crippen molar-refractivity contribution in [3.05, 3.63) is 83.4 Å². The van der Waals surface area contributed by atoms with E-state index in [0.29, 0.717) is 18.9 Å². The Labute approximate surface area is 206 Å². The number of halogens is 3. The van der Waals surface area contributed by atoms with Gasteiger partial charge in [0.2, 0.25) is 0 Å². The van der Waals surface area contributed by atoms with Crippen LogP contribution in [0.5, 0.6) is 0 Å². The highest BCUT2D eigenvalue weighted by Gasteiger charge is 2.36. The summed E-state index contributed by atoms with van der Waals surface area (Å²) in [6, 6.07) is 13.9. The van der Waals surface area contributed by atoms with Crippen molar-refractivity contribution in [2.75, 3.05) is 6.54 Å². The molecule has 0 aliphatic carbocycles. The predicted molar refractivity (Wildman–Crippen MR) is 133 cm³/mol. The third-order valence-electron chi connectivity index (χ3n) is 7.00. The molecule has 3 rings (SSSR count). The van der Waals surface area contributed by atoms with Gasteiger partial charge in [-0.2, -0.15) is 13.2 Å². The van der Waals surface area contributed by atoms with Crippen molar-refractivity contribution in [3.63, 3.8) is 0 Å². The van der Waals surface area contributed by atoms with Crippen molar-refractivity contribution in [2.45, 2.75) is 70.6 Å². The second-order valence-corrected chi connectivity index (χ2v) is 10.1.